The number of ether oxygens (including phenoxy) is 1. The van der Waals surface area contributed by atoms with Crippen LogP contribution in [0.25, 0.3) is 0 Å². The molecule has 18 heavy (non-hydrogen) atoms. The topological polar surface area (TPSA) is 68.5 Å². The van der Waals surface area contributed by atoms with Crippen molar-refractivity contribution in [2.75, 3.05) is 12.4 Å². The minimum absolute atomic E-state index is 0.237. The lowest BCUT2D eigenvalue weighted by Crippen LogP contribution is -2.09. The normalized spacial score (nSPS) is 10.1. The van der Waals surface area contributed by atoms with Crippen LogP contribution in [0, 0.1) is 6.92 Å². The van der Waals surface area contributed by atoms with Crippen LogP contribution in [0.1, 0.15) is 26.0 Å². The highest BCUT2D eigenvalue weighted by atomic mass is 32.1. The number of anilines is 1. The number of amides is 1. The lowest BCUT2D eigenvalue weighted by atomic mass is 10.4. The maximum atomic E-state index is 11.8. The summed E-state index contributed by atoms with van der Waals surface area (Å²) < 4.78 is 9.78. The molecule has 2 heterocycles. The van der Waals surface area contributed by atoms with Crippen molar-refractivity contribution >= 4 is 28.2 Å². The average Bonchev–Trinajstić information content (AvgIpc) is 2.97. The number of carbonyl (C=O) groups is 2. The monoisotopic (exact) mass is 265 g/mol. The lowest BCUT2D eigenvalue weighted by Gasteiger charge is -1.98. The average molecular weight is 265 g/mol. The van der Waals surface area contributed by atoms with Crippen molar-refractivity contribution in [2.45, 2.75) is 6.92 Å². The van der Waals surface area contributed by atoms with Crippen LogP contribution in [0.2, 0.25) is 0 Å². The summed E-state index contributed by atoms with van der Waals surface area (Å²) in [6.45, 7) is 1.76. The number of carbonyl (C=O) groups excluding carboxylic acids is 2. The Balaban J connectivity index is 2.08. The number of thiophene rings is 1. The van der Waals surface area contributed by atoms with Crippen molar-refractivity contribution in [3.8, 4) is 0 Å². The molecule has 5 nitrogen and oxygen atoms in total. The summed E-state index contributed by atoms with van der Waals surface area (Å²) in [6, 6.07) is 6.55. The smallest absolute Gasteiger partial charge is 0.348 e. The summed E-state index contributed by atoms with van der Waals surface area (Å²) in [5, 5.41) is 3.21. The van der Waals surface area contributed by atoms with Crippen LogP contribution in [0.3, 0.4) is 0 Å². The van der Waals surface area contributed by atoms with Gasteiger partial charge in [0.05, 0.1) is 12.1 Å². The zero-order valence-electron chi connectivity index (χ0n) is 9.85. The van der Waals surface area contributed by atoms with E-state index in [1.807, 2.05) is 0 Å². The molecule has 0 aliphatic heterocycles. The third kappa shape index (κ3) is 2.60. The van der Waals surface area contributed by atoms with Crippen LogP contribution in [0.15, 0.2) is 28.7 Å². The van der Waals surface area contributed by atoms with Crippen LogP contribution in [-0.2, 0) is 4.74 Å². The number of aryl methyl sites for hydroxylation is 1. The third-order valence-electron chi connectivity index (χ3n) is 2.19. The van der Waals surface area contributed by atoms with E-state index in [0.29, 0.717) is 15.6 Å². The molecule has 0 atom stereocenters. The Morgan fingerprint density at radius 3 is 2.67 bits per heavy atom. The quantitative estimate of drug-likeness (QED) is 0.866. The summed E-state index contributed by atoms with van der Waals surface area (Å²) in [5.41, 5.74) is 0. The van der Waals surface area contributed by atoms with E-state index < -0.39 is 5.97 Å². The molecule has 0 saturated heterocycles. The Morgan fingerprint density at radius 2 is 2.06 bits per heavy atom. The van der Waals surface area contributed by atoms with Gasteiger partial charge < -0.3 is 14.5 Å². The van der Waals surface area contributed by atoms with Crippen LogP contribution in [0.5, 0.6) is 0 Å². The fourth-order valence-electron chi connectivity index (χ4n) is 1.35. The van der Waals surface area contributed by atoms with E-state index in [1.54, 1.807) is 31.2 Å². The Kier molecular flexibility index (Phi) is 3.47. The molecule has 1 N–H and O–H groups in total. The SMILES string of the molecule is COC(=O)c1ccc(NC(=O)c2ccc(C)o2)s1. The molecule has 0 spiro atoms. The molecule has 94 valence electrons. The summed E-state index contributed by atoms with van der Waals surface area (Å²) >= 11 is 1.15. The van der Waals surface area contributed by atoms with Crippen LogP contribution >= 0.6 is 11.3 Å². The van der Waals surface area contributed by atoms with Gasteiger partial charge in [0, 0.05) is 0 Å². The van der Waals surface area contributed by atoms with E-state index in [1.165, 1.54) is 7.11 Å². The molecule has 0 aromatic carbocycles. The number of methoxy groups -OCH3 is 1. The molecule has 0 aliphatic rings. The highest BCUT2D eigenvalue weighted by molar-refractivity contribution is 7.18. The maximum Gasteiger partial charge on any atom is 0.348 e. The Labute approximate surface area is 107 Å². The number of rotatable bonds is 3. The molecule has 0 bridgehead atoms. The fraction of sp³-hybridized carbons (Fsp3) is 0.167. The minimum Gasteiger partial charge on any atom is -0.465 e. The van der Waals surface area contributed by atoms with Gasteiger partial charge in [0.1, 0.15) is 10.6 Å². The summed E-state index contributed by atoms with van der Waals surface area (Å²) in [7, 11) is 1.31. The van der Waals surface area contributed by atoms with Gasteiger partial charge in [-0.3, -0.25) is 4.79 Å². The number of furan rings is 1. The first-order valence-corrected chi connectivity index (χ1v) is 5.97. The zero-order valence-corrected chi connectivity index (χ0v) is 10.7. The molecule has 0 unspecified atom stereocenters. The first kappa shape index (κ1) is 12.4. The van der Waals surface area contributed by atoms with Crippen molar-refractivity contribution in [2.24, 2.45) is 0 Å². The highest BCUT2D eigenvalue weighted by Gasteiger charge is 2.13. The van der Waals surface area contributed by atoms with E-state index >= 15 is 0 Å². The third-order valence-corrected chi connectivity index (χ3v) is 3.17. The lowest BCUT2D eigenvalue weighted by molar-refractivity contribution is 0.0606. The number of hydrogen-bond acceptors (Lipinski definition) is 5. The van der Waals surface area contributed by atoms with Crippen molar-refractivity contribution in [1.29, 1.82) is 0 Å². The van der Waals surface area contributed by atoms with Gasteiger partial charge in [-0.1, -0.05) is 0 Å². The van der Waals surface area contributed by atoms with E-state index in [9.17, 15) is 9.59 Å². The molecule has 2 aromatic heterocycles. The van der Waals surface area contributed by atoms with Crippen LogP contribution in [0.4, 0.5) is 5.00 Å². The first-order chi connectivity index (χ1) is 8.60. The molecular formula is C12H11NO4S. The molecule has 0 aliphatic carbocycles. The van der Waals surface area contributed by atoms with E-state index in [-0.39, 0.29) is 11.7 Å². The second-order valence-corrected chi connectivity index (χ2v) is 4.60. The number of esters is 1. The highest BCUT2D eigenvalue weighted by Crippen LogP contribution is 2.23. The largest absolute Gasteiger partial charge is 0.465 e. The second-order valence-electron chi connectivity index (χ2n) is 3.52. The molecule has 2 aromatic rings. The fourth-order valence-corrected chi connectivity index (χ4v) is 2.16. The second kappa shape index (κ2) is 5.05. The zero-order chi connectivity index (χ0) is 13.1. The molecule has 2 rings (SSSR count). The van der Waals surface area contributed by atoms with Gasteiger partial charge in [0.15, 0.2) is 5.76 Å². The van der Waals surface area contributed by atoms with E-state index in [2.05, 4.69) is 10.1 Å². The van der Waals surface area contributed by atoms with Gasteiger partial charge >= 0.3 is 5.97 Å². The van der Waals surface area contributed by atoms with Gasteiger partial charge in [0.25, 0.3) is 5.91 Å². The van der Waals surface area contributed by atoms with Crippen molar-refractivity contribution in [3.05, 3.63) is 40.7 Å². The first-order valence-electron chi connectivity index (χ1n) is 5.16. The molecular weight excluding hydrogens is 254 g/mol. The Hall–Kier alpha value is -2.08. The Bertz CT molecular complexity index is 584. The summed E-state index contributed by atoms with van der Waals surface area (Å²) in [5.74, 6) is 0.137. The van der Waals surface area contributed by atoms with Crippen molar-refractivity contribution in [3.63, 3.8) is 0 Å². The van der Waals surface area contributed by atoms with Gasteiger partial charge in [-0.25, -0.2) is 4.79 Å². The number of hydrogen-bond donors (Lipinski definition) is 1. The van der Waals surface area contributed by atoms with Crippen LogP contribution in [-0.4, -0.2) is 19.0 Å². The van der Waals surface area contributed by atoms with Gasteiger partial charge in [0.2, 0.25) is 0 Å². The van der Waals surface area contributed by atoms with E-state index in [0.717, 1.165) is 11.3 Å². The van der Waals surface area contributed by atoms with Gasteiger partial charge in [-0.2, -0.15) is 0 Å². The van der Waals surface area contributed by atoms with E-state index in [4.69, 9.17) is 4.42 Å². The van der Waals surface area contributed by atoms with Gasteiger partial charge in [-0.15, -0.1) is 11.3 Å². The summed E-state index contributed by atoms with van der Waals surface area (Å²) in [4.78, 5) is 23.4. The molecule has 0 saturated carbocycles. The Morgan fingerprint density at radius 1 is 1.28 bits per heavy atom. The molecule has 6 heteroatoms. The predicted octanol–water partition coefficient (Wildman–Crippen LogP) is 2.69. The van der Waals surface area contributed by atoms with Crippen LogP contribution < -0.4 is 5.32 Å². The maximum absolute atomic E-state index is 11.8. The standard InChI is InChI=1S/C12H11NO4S/c1-7-3-4-8(17-7)11(14)13-10-6-5-9(18-10)12(15)16-2/h3-6H,1-2H3,(H,13,14). The van der Waals surface area contributed by atoms with Gasteiger partial charge in [-0.05, 0) is 31.2 Å². The van der Waals surface area contributed by atoms with Crippen molar-refractivity contribution < 1.29 is 18.7 Å². The number of nitrogens with one attached hydrogen (secondary N) is 1. The predicted molar refractivity (Wildman–Crippen MR) is 67.1 cm³/mol. The van der Waals surface area contributed by atoms with Crippen molar-refractivity contribution in [1.82, 2.24) is 0 Å². The summed E-state index contributed by atoms with van der Waals surface area (Å²) in [6.07, 6.45) is 0. The molecule has 0 fully saturated rings. The minimum atomic E-state index is -0.422. The molecule has 0 radical (unpaired) electrons. The molecule has 1 amide bonds.